The van der Waals surface area contributed by atoms with Crippen LogP contribution in [-0.2, 0) is 7.05 Å². The molecule has 0 spiro atoms. The Morgan fingerprint density at radius 1 is 1.50 bits per heavy atom. The van der Waals surface area contributed by atoms with Crippen molar-refractivity contribution in [1.29, 1.82) is 0 Å². The average molecular weight is 218 g/mol. The van der Waals surface area contributed by atoms with Crippen LogP contribution in [0.4, 0.5) is 5.95 Å². The maximum Gasteiger partial charge on any atom is 0.203 e. The quantitative estimate of drug-likeness (QED) is 0.823. The summed E-state index contributed by atoms with van der Waals surface area (Å²) in [5.41, 5.74) is 9.15. The summed E-state index contributed by atoms with van der Waals surface area (Å²) in [7, 11) is 2.02. The predicted octanol–water partition coefficient (Wildman–Crippen LogP) is 1.64. The van der Waals surface area contributed by atoms with Crippen LogP contribution in [0.15, 0.2) is 18.2 Å². The van der Waals surface area contributed by atoms with Crippen LogP contribution in [0, 0.1) is 6.92 Å². The number of anilines is 1. The molecule has 1 unspecified atom stereocenters. The van der Waals surface area contributed by atoms with Crippen LogP contribution in [-0.4, -0.2) is 22.1 Å². The summed E-state index contributed by atoms with van der Waals surface area (Å²) in [6.45, 7) is 4.80. The van der Waals surface area contributed by atoms with E-state index in [-0.39, 0.29) is 6.04 Å². The second-order valence-electron chi connectivity index (χ2n) is 4.30. The molecule has 0 bridgehead atoms. The number of imidazole rings is 1. The highest BCUT2D eigenvalue weighted by Crippen LogP contribution is 2.21. The molecule has 0 fully saturated rings. The smallest absolute Gasteiger partial charge is 0.203 e. The molecule has 1 aromatic heterocycles. The third-order valence-corrected chi connectivity index (χ3v) is 2.68. The second kappa shape index (κ2) is 4.14. The van der Waals surface area contributed by atoms with Crippen LogP contribution in [0.2, 0.25) is 0 Å². The van der Waals surface area contributed by atoms with Crippen molar-refractivity contribution in [2.45, 2.75) is 19.9 Å². The van der Waals surface area contributed by atoms with E-state index in [1.807, 2.05) is 26.1 Å². The molecule has 2 rings (SSSR count). The summed E-state index contributed by atoms with van der Waals surface area (Å²) in [4.78, 5) is 4.54. The van der Waals surface area contributed by atoms with Crippen molar-refractivity contribution in [1.82, 2.24) is 9.55 Å². The number of nitrogens with zero attached hydrogens (tertiary/aromatic N) is 2. The van der Waals surface area contributed by atoms with Gasteiger partial charge >= 0.3 is 0 Å². The molecule has 1 aromatic carbocycles. The standard InChI is InChI=1S/C12H18N4/c1-8-5-4-6-10-11(8)16(3)12(15-10)14-7-9(2)13/h4-6,9H,7,13H2,1-3H3,(H,14,15). The zero-order valence-electron chi connectivity index (χ0n) is 9.99. The Kier molecular flexibility index (Phi) is 2.83. The van der Waals surface area contributed by atoms with Gasteiger partial charge in [0.25, 0.3) is 0 Å². The van der Waals surface area contributed by atoms with Crippen LogP contribution in [0.25, 0.3) is 11.0 Å². The first-order chi connectivity index (χ1) is 7.59. The number of hydrogen-bond donors (Lipinski definition) is 2. The number of nitrogens with one attached hydrogen (secondary N) is 1. The van der Waals surface area contributed by atoms with Gasteiger partial charge in [0, 0.05) is 19.6 Å². The van der Waals surface area contributed by atoms with E-state index in [1.165, 1.54) is 11.1 Å². The van der Waals surface area contributed by atoms with Crippen LogP contribution >= 0.6 is 0 Å². The summed E-state index contributed by atoms with van der Waals surface area (Å²) in [5, 5.41) is 3.26. The lowest BCUT2D eigenvalue weighted by Gasteiger charge is -2.08. The number of nitrogens with two attached hydrogens (primary N) is 1. The zero-order chi connectivity index (χ0) is 11.7. The van der Waals surface area contributed by atoms with Crippen LogP contribution < -0.4 is 11.1 Å². The Morgan fingerprint density at radius 3 is 2.88 bits per heavy atom. The molecule has 1 atom stereocenters. The first-order valence-electron chi connectivity index (χ1n) is 5.51. The third-order valence-electron chi connectivity index (χ3n) is 2.68. The largest absolute Gasteiger partial charge is 0.354 e. The lowest BCUT2D eigenvalue weighted by molar-refractivity contribution is 0.767. The number of fused-ring (bicyclic) bond motifs is 1. The van der Waals surface area contributed by atoms with Gasteiger partial charge in [-0.1, -0.05) is 12.1 Å². The van der Waals surface area contributed by atoms with Crippen molar-refractivity contribution in [3.63, 3.8) is 0 Å². The topological polar surface area (TPSA) is 55.9 Å². The first-order valence-corrected chi connectivity index (χ1v) is 5.51. The van der Waals surface area contributed by atoms with E-state index in [9.17, 15) is 0 Å². The first kappa shape index (κ1) is 11.0. The minimum Gasteiger partial charge on any atom is -0.354 e. The maximum atomic E-state index is 5.71. The molecule has 0 amide bonds. The Morgan fingerprint density at radius 2 is 2.25 bits per heavy atom. The number of aryl methyl sites for hydroxylation is 2. The van der Waals surface area contributed by atoms with Crippen molar-refractivity contribution >= 4 is 17.0 Å². The highest BCUT2D eigenvalue weighted by Gasteiger charge is 2.08. The molecule has 2 aromatic rings. The van der Waals surface area contributed by atoms with Crippen molar-refractivity contribution in [3.05, 3.63) is 23.8 Å². The maximum absolute atomic E-state index is 5.71. The molecule has 0 aliphatic carbocycles. The van der Waals surface area contributed by atoms with Crippen molar-refractivity contribution in [2.75, 3.05) is 11.9 Å². The third kappa shape index (κ3) is 1.88. The minimum atomic E-state index is 0.126. The summed E-state index contributed by atoms with van der Waals surface area (Å²) >= 11 is 0. The van der Waals surface area contributed by atoms with Gasteiger partial charge in [-0.3, -0.25) is 0 Å². The fraction of sp³-hybridized carbons (Fsp3) is 0.417. The summed E-state index contributed by atoms with van der Waals surface area (Å²) in [6.07, 6.45) is 0. The number of para-hydroxylation sites is 1. The normalized spacial score (nSPS) is 13.0. The summed E-state index contributed by atoms with van der Waals surface area (Å²) in [5.74, 6) is 0.876. The fourth-order valence-electron chi connectivity index (χ4n) is 1.88. The molecule has 0 radical (unpaired) electrons. The SMILES string of the molecule is Cc1cccc2nc(NCC(C)N)n(C)c12. The molecule has 1 heterocycles. The lowest BCUT2D eigenvalue weighted by atomic mass is 10.2. The number of aromatic nitrogens is 2. The van der Waals surface area contributed by atoms with E-state index in [2.05, 4.69) is 27.9 Å². The molecule has 4 heteroatoms. The van der Waals surface area contributed by atoms with Gasteiger partial charge in [-0.25, -0.2) is 4.98 Å². The van der Waals surface area contributed by atoms with E-state index in [0.717, 1.165) is 18.0 Å². The summed E-state index contributed by atoms with van der Waals surface area (Å²) < 4.78 is 2.08. The van der Waals surface area contributed by atoms with Gasteiger partial charge in [-0.2, -0.15) is 0 Å². The molecule has 4 nitrogen and oxygen atoms in total. The molecule has 16 heavy (non-hydrogen) atoms. The van der Waals surface area contributed by atoms with Crippen LogP contribution in [0.3, 0.4) is 0 Å². The number of rotatable bonds is 3. The van der Waals surface area contributed by atoms with E-state index in [0.29, 0.717) is 0 Å². The minimum absolute atomic E-state index is 0.126. The Labute approximate surface area is 95.5 Å². The van der Waals surface area contributed by atoms with Crippen molar-refractivity contribution in [2.24, 2.45) is 12.8 Å². The molecule has 0 aliphatic heterocycles. The average Bonchev–Trinajstić information content (AvgIpc) is 2.54. The lowest BCUT2D eigenvalue weighted by Crippen LogP contribution is -2.26. The fourth-order valence-corrected chi connectivity index (χ4v) is 1.88. The van der Waals surface area contributed by atoms with Gasteiger partial charge in [0.2, 0.25) is 5.95 Å². The highest BCUT2D eigenvalue weighted by atomic mass is 15.2. The molecule has 0 saturated heterocycles. The molecular weight excluding hydrogens is 200 g/mol. The van der Waals surface area contributed by atoms with Crippen LogP contribution in [0.1, 0.15) is 12.5 Å². The number of hydrogen-bond acceptors (Lipinski definition) is 3. The Balaban J connectivity index is 2.40. The van der Waals surface area contributed by atoms with Crippen molar-refractivity contribution in [3.8, 4) is 0 Å². The van der Waals surface area contributed by atoms with Gasteiger partial charge in [-0.15, -0.1) is 0 Å². The molecule has 0 aliphatic rings. The van der Waals surface area contributed by atoms with Gasteiger partial charge < -0.3 is 15.6 Å². The van der Waals surface area contributed by atoms with Crippen LogP contribution in [0.5, 0.6) is 0 Å². The van der Waals surface area contributed by atoms with Gasteiger partial charge in [0.05, 0.1) is 11.0 Å². The molecule has 0 saturated carbocycles. The highest BCUT2D eigenvalue weighted by molar-refractivity contribution is 5.81. The Bertz CT molecular complexity index is 499. The molecular formula is C12H18N4. The van der Waals surface area contributed by atoms with Gasteiger partial charge in [-0.05, 0) is 25.5 Å². The summed E-state index contributed by atoms with van der Waals surface area (Å²) in [6, 6.07) is 6.28. The van der Waals surface area contributed by atoms with E-state index >= 15 is 0 Å². The van der Waals surface area contributed by atoms with Gasteiger partial charge in [0.15, 0.2) is 0 Å². The van der Waals surface area contributed by atoms with Crippen molar-refractivity contribution < 1.29 is 0 Å². The second-order valence-corrected chi connectivity index (χ2v) is 4.30. The number of benzene rings is 1. The monoisotopic (exact) mass is 218 g/mol. The van der Waals surface area contributed by atoms with E-state index < -0.39 is 0 Å². The molecule has 86 valence electrons. The molecule has 3 N–H and O–H groups in total. The zero-order valence-corrected chi connectivity index (χ0v) is 9.99. The van der Waals surface area contributed by atoms with E-state index in [1.54, 1.807) is 0 Å². The Hall–Kier alpha value is -1.55. The van der Waals surface area contributed by atoms with E-state index in [4.69, 9.17) is 5.73 Å². The predicted molar refractivity (Wildman–Crippen MR) is 67.6 cm³/mol. The van der Waals surface area contributed by atoms with Gasteiger partial charge in [0.1, 0.15) is 0 Å².